The summed E-state index contributed by atoms with van der Waals surface area (Å²) in [6.45, 7) is 2.77. The number of nitrogens with zero attached hydrogens (tertiary/aromatic N) is 4. The van der Waals surface area contributed by atoms with Crippen LogP contribution in [0.15, 0.2) is 36.4 Å². The van der Waals surface area contributed by atoms with Gasteiger partial charge in [0.25, 0.3) is 0 Å². The van der Waals surface area contributed by atoms with Crippen LogP contribution < -0.4 is 0 Å². The highest BCUT2D eigenvalue weighted by molar-refractivity contribution is 5.05. The molecule has 6 heteroatoms. The van der Waals surface area contributed by atoms with Gasteiger partial charge in [-0.1, -0.05) is 12.1 Å². The van der Waals surface area contributed by atoms with Crippen molar-refractivity contribution in [1.29, 1.82) is 0 Å². The van der Waals surface area contributed by atoms with Crippen molar-refractivity contribution in [3.05, 3.63) is 59.7 Å². The van der Waals surface area contributed by atoms with Crippen LogP contribution in [0.1, 0.15) is 11.4 Å². The highest BCUT2D eigenvalue weighted by Gasteiger charge is 2.06. The molecule has 2 rings (SSSR count). The zero-order chi connectivity index (χ0) is 15.9. The van der Waals surface area contributed by atoms with Gasteiger partial charge in [-0.25, -0.2) is 9.97 Å². The van der Waals surface area contributed by atoms with E-state index in [1.54, 1.807) is 24.3 Å². The Morgan fingerprint density at radius 3 is 1.55 bits per heavy atom. The molecule has 0 aromatic carbocycles. The third-order valence-corrected chi connectivity index (χ3v) is 3.27. The average Bonchev–Trinajstić information content (AvgIpc) is 2.45. The maximum absolute atomic E-state index is 13.0. The summed E-state index contributed by atoms with van der Waals surface area (Å²) in [5.74, 6) is -0.916. The molecular weight excluding hydrogens is 286 g/mol. The average molecular weight is 306 g/mol. The van der Waals surface area contributed by atoms with E-state index in [9.17, 15) is 8.78 Å². The Morgan fingerprint density at radius 2 is 1.18 bits per heavy atom. The topological polar surface area (TPSA) is 32.3 Å². The van der Waals surface area contributed by atoms with Crippen molar-refractivity contribution in [3.63, 3.8) is 0 Å². The lowest BCUT2D eigenvalue weighted by atomic mass is 10.3. The molecule has 0 radical (unpaired) electrons. The molecule has 0 spiro atoms. The van der Waals surface area contributed by atoms with Gasteiger partial charge in [-0.2, -0.15) is 8.78 Å². The van der Waals surface area contributed by atoms with E-state index in [-0.39, 0.29) is 0 Å². The van der Waals surface area contributed by atoms with Crippen molar-refractivity contribution in [3.8, 4) is 0 Å². The second kappa shape index (κ2) is 7.91. The Balaban J connectivity index is 1.77. The summed E-state index contributed by atoms with van der Waals surface area (Å²) in [6, 6.07) is 9.60. The van der Waals surface area contributed by atoms with Crippen molar-refractivity contribution in [2.24, 2.45) is 0 Å². The lowest BCUT2D eigenvalue weighted by molar-refractivity contribution is 0.243. The molecule has 0 aliphatic carbocycles. The Labute approximate surface area is 129 Å². The molecule has 2 heterocycles. The van der Waals surface area contributed by atoms with Gasteiger partial charge in [0, 0.05) is 26.2 Å². The van der Waals surface area contributed by atoms with E-state index in [0.717, 1.165) is 13.1 Å². The zero-order valence-corrected chi connectivity index (χ0v) is 12.8. The highest BCUT2D eigenvalue weighted by Crippen LogP contribution is 2.04. The van der Waals surface area contributed by atoms with Gasteiger partial charge in [0.15, 0.2) is 0 Å². The van der Waals surface area contributed by atoms with E-state index in [1.165, 1.54) is 12.1 Å². The highest BCUT2D eigenvalue weighted by atomic mass is 19.1. The molecule has 2 aromatic rings. The number of aromatic nitrogens is 2. The first-order chi connectivity index (χ1) is 10.5. The molecule has 0 aliphatic rings. The smallest absolute Gasteiger partial charge is 0.213 e. The molecule has 0 unspecified atom stereocenters. The van der Waals surface area contributed by atoms with E-state index in [4.69, 9.17) is 0 Å². The Morgan fingerprint density at radius 1 is 0.773 bits per heavy atom. The fourth-order valence-corrected chi connectivity index (χ4v) is 2.13. The van der Waals surface area contributed by atoms with Gasteiger partial charge in [0.05, 0.1) is 11.4 Å². The number of pyridine rings is 2. The van der Waals surface area contributed by atoms with Crippen LogP contribution in [-0.2, 0) is 13.1 Å². The van der Waals surface area contributed by atoms with Gasteiger partial charge in [-0.05, 0) is 38.4 Å². The van der Waals surface area contributed by atoms with Gasteiger partial charge in [0.1, 0.15) is 0 Å². The second-order valence-electron chi connectivity index (χ2n) is 5.38. The maximum atomic E-state index is 13.0. The van der Waals surface area contributed by atoms with Crippen molar-refractivity contribution < 1.29 is 8.78 Å². The van der Waals surface area contributed by atoms with Gasteiger partial charge >= 0.3 is 0 Å². The summed E-state index contributed by atoms with van der Waals surface area (Å²) < 4.78 is 26.1. The predicted molar refractivity (Wildman–Crippen MR) is 81.1 cm³/mol. The Hall–Kier alpha value is -1.92. The third kappa shape index (κ3) is 5.46. The number of hydrogen-bond acceptors (Lipinski definition) is 4. The van der Waals surface area contributed by atoms with Gasteiger partial charge in [0.2, 0.25) is 11.9 Å². The van der Waals surface area contributed by atoms with Crippen LogP contribution in [0.2, 0.25) is 0 Å². The van der Waals surface area contributed by atoms with E-state index in [0.29, 0.717) is 24.5 Å². The molecular formula is C16H20F2N4. The normalized spacial score (nSPS) is 11.4. The molecule has 118 valence electrons. The molecule has 0 saturated carbocycles. The first kappa shape index (κ1) is 16.5. The maximum Gasteiger partial charge on any atom is 0.213 e. The summed E-state index contributed by atoms with van der Waals surface area (Å²) in [7, 11) is 3.92. The van der Waals surface area contributed by atoms with Crippen LogP contribution in [-0.4, -0.2) is 47.0 Å². The number of likely N-dealkylation sites (N-methyl/N-ethyl adjacent to an activating group) is 2. The quantitative estimate of drug-likeness (QED) is 0.735. The minimum atomic E-state index is -0.458. The molecule has 4 nitrogen and oxygen atoms in total. The van der Waals surface area contributed by atoms with Crippen molar-refractivity contribution in [2.45, 2.75) is 13.1 Å². The first-order valence-corrected chi connectivity index (χ1v) is 7.13. The predicted octanol–water partition coefficient (Wildman–Crippen LogP) is 2.32. The minimum Gasteiger partial charge on any atom is -0.299 e. The number of rotatable bonds is 7. The molecule has 0 saturated heterocycles. The molecule has 0 amide bonds. The molecule has 0 fully saturated rings. The van der Waals surface area contributed by atoms with Crippen LogP contribution in [0, 0.1) is 11.9 Å². The molecule has 0 atom stereocenters. The van der Waals surface area contributed by atoms with Crippen LogP contribution in [0.4, 0.5) is 8.78 Å². The Kier molecular flexibility index (Phi) is 5.91. The number of hydrogen-bond donors (Lipinski definition) is 0. The fraction of sp³-hybridized carbons (Fsp3) is 0.375. The summed E-state index contributed by atoms with van der Waals surface area (Å²) in [4.78, 5) is 11.8. The second-order valence-corrected chi connectivity index (χ2v) is 5.38. The molecule has 22 heavy (non-hydrogen) atoms. The third-order valence-electron chi connectivity index (χ3n) is 3.27. The summed E-state index contributed by atoms with van der Waals surface area (Å²) in [6.07, 6.45) is 0. The van der Waals surface area contributed by atoms with E-state index < -0.39 is 11.9 Å². The van der Waals surface area contributed by atoms with E-state index >= 15 is 0 Å². The van der Waals surface area contributed by atoms with Crippen molar-refractivity contribution in [2.75, 3.05) is 27.2 Å². The number of halogens is 2. The molecule has 0 aliphatic heterocycles. The van der Waals surface area contributed by atoms with Gasteiger partial charge in [-0.3, -0.25) is 9.80 Å². The van der Waals surface area contributed by atoms with E-state index in [2.05, 4.69) is 19.8 Å². The molecule has 2 aromatic heterocycles. The monoisotopic (exact) mass is 306 g/mol. The summed E-state index contributed by atoms with van der Waals surface area (Å²) in [5.41, 5.74) is 1.41. The fourth-order valence-electron chi connectivity index (χ4n) is 2.13. The van der Waals surface area contributed by atoms with Gasteiger partial charge < -0.3 is 0 Å². The first-order valence-electron chi connectivity index (χ1n) is 7.13. The minimum absolute atomic E-state index is 0.458. The standard InChI is InChI=1S/C16H20F2N4/c1-21(11-13-5-3-7-15(17)19-13)9-10-22(2)12-14-6-4-8-16(18)20-14/h3-8H,9-12H2,1-2H3. The zero-order valence-electron chi connectivity index (χ0n) is 12.8. The largest absolute Gasteiger partial charge is 0.299 e. The van der Waals surface area contributed by atoms with Crippen molar-refractivity contribution in [1.82, 2.24) is 19.8 Å². The van der Waals surface area contributed by atoms with Gasteiger partial charge in [-0.15, -0.1) is 0 Å². The lowest BCUT2D eigenvalue weighted by Gasteiger charge is -2.21. The van der Waals surface area contributed by atoms with E-state index in [1.807, 2.05) is 14.1 Å². The SMILES string of the molecule is CN(CCN(C)Cc1cccc(F)n1)Cc1cccc(F)n1. The van der Waals surface area contributed by atoms with Crippen molar-refractivity contribution >= 4 is 0 Å². The molecule has 0 bridgehead atoms. The van der Waals surface area contributed by atoms with Crippen LogP contribution in [0.5, 0.6) is 0 Å². The van der Waals surface area contributed by atoms with Crippen LogP contribution in [0.3, 0.4) is 0 Å². The molecule has 0 N–H and O–H groups in total. The van der Waals surface area contributed by atoms with Crippen LogP contribution in [0.25, 0.3) is 0 Å². The summed E-state index contributed by atoms with van der Waals surface area (Å²) >= 11 is 0. The summed E-state index contributed by atoms with van der Waals surface area (Å²) in [5, 5.41) is 0. The van der Waals surface area contributed by atoms with Crippen LogP contribution >= 0.6 is 0 Å². The Bertz CT molecular complexity index is 553. The lowest BCUT2D eigenvalue weighted by Crippen LogP contribution is -2.30.